The van der Waals surface area contributed by atoms with Crippen LogP contribution in [0, 0.1) is 19.8 Å². The molecule has 1 aromatic rings. The third-order valence-electron chi connectivity index (χ3n) is 4.59. The van der Waals surface area contributed by atoms with Gasteiger partial charge in [-0.25, -0.2) is 4.98 Å². The van der Waals surface area contributed by atoms with Gasteiger partial charge in [0.05, 0.1) is 24.3 Å². The maximum atomic E-state index is 12.4. The number of carbonyl (C=O) groups excluding carboxylic acids is 2. The number of ether oxygens (including phenoxy) is 1. The number of carbonyl (C=O) groups is 2. The van der Waals surface area contributed by atoms with Gasteiger partial charge in [0.1, 0.15) is 0 Å². The van der Waals surface area contributed by atoms with Gasteiger partial charge < -0.3 is 15.4 Å². The van der Waals surface area contributed by atoms with Crippen LogP contribution < -0.4 is 10.6 Å². The number of hydrogen-bond donors (Lipinski definition) is 2. The average Bonchev–Trinajstić information content (AvgIpc) is 2.91. The molecule has 0 spiro atoms. The first kappa shape index (κ1) is 21.8. The normalized spacial score (nSPS) is 17.9. The van der Waals surface area contributed by atoms with E-state index in [1.807, 2.05) is 27.7 Å². The van der Waals surface area contributed by atoms with Gasteiger partial charge in [-0.2, -0.15) is 0 Å². The summed E-state index contributed by atoms with van der Waals surface area (Å²) in [6.07, 6.45) is 2.83. The number of rotatable bonds is 9. The summed E-state index contributed by atoms with van der Waals surface area (Å²) in [4.78, 5) is 32.1. The van der Waals surface area contributed by atoms with Crippen LogP contribution in [0.15, 0.2) is 0 Å². The number of aryl methyl sites for hydroxylation is 2. The van der Waals surface area contributed by atoms with Crippen molar-refractivity contribution in [1.29, 1.82) is 0 Å². The summed E-state index contributed by atoms with van der Waals surface area (Å²) in [5.74, 6) is -0.0478. The molecule has 0 aromatic carbocycles. The average molecular weight is 397 g/mol. The molecule has 1 atom stereocenters. The zero-order chi connectivity index (χ0) is 19.8. The van der Waals surface area contributed by atoms with Crippen LogP contribution >= 0.6 is 11.3 Å². The lowest BCUT2D eigenvalue weighted by atomic mass is 9.97. The van der Waals surface area contributed by atoms with Crippen molar-refractivity contribution in [2.75, 3.05) is 38.1 Å². The summed E-state index contributed by atoms with van der Waals surface area (Å²) in [5.41, 5.74) is 0.948. The number of anilines is 1. The van der Waals surface area contributed by atoms with E-state index < -0.39 is 0 Å². The van der Waals surface area contributed by atoms with Gasteiger partial charge in [-0.05, 0) is 53.5 Å². The number of nitrogens with one attached hydrogen (secondary N) is 2. The van der Waals surface area contributed by atoms with E-state index in [2.05, 4.69) is 20.5 Å². The molecule has 1 aliphatic rings. The van der Waals surface area contributed by atoms with Gasteiger partial charge in [-0.3, -0.25) is 14.5 Å². The van der Waals surface area contributed by atoms with E-state index in [-0.39, 0.29) is 23.8 Å². The SMILES string of the molecule is Cc1nc(NC(=O)CN2CCCC(C(=O)NCCCOC(C)C)C2)sc1C. The van der Waals surface area contributed by atoms with Crippen LogP contribution in [0.4, 0.5) is 5.13 Å². The topological polar surface area (TPSA) is 83.6 Å². The van der Waals surface area contributed by atoms with E-state index in [0.29, 0.717) is 31.4 Å². The van der Waals surface area contributed by atoms with Gasteiger partial charge in [-0.15, -0.1) is 11.3 Å². The molecule has 0 radical (unpaired) electrons. The maximum absolute atomic E-state index is 12.4. The summed E-state index contributed by atoms with van der Waals surface area (Å²) in [7, 11) is 0. The number of nitrogens with zero attached hydrogens (tertiary/aromatic N) is 2. The molecule has 0 saturated carbocycles. The fourth-order valence-electron chi connectivity index (χ4n) is 3.05. The highest BCUT2D eigenvalue weighted by molar-refractivity contribution is 7.15. The second kappa shape index (κ2) is 10.7. The van der Waals surface area contributed by atoms with Gasteiger partial charge >= 0.3 is 0 Å². The minimum atomic E-state index is -0.0735. The lowest BCUT2D eigenvalue weighted by Gasteiger charge is -2.31. The van der Waals surface area contributed by atoms with E-state index in [1.54, 1.807) is 0 Å². The number of hydrogen-bond acceptors (Lipinski definition) is 6. The quantitative estimate of drug-likeness (QED) is 0.626. The van der Waals surface area contributed by atoms with Crippen LogP contribution in [0.3, 0.4) is 0 Å². The molecule has 0 aliphatic carbocycles. The highest BCUT2D eigenvalue weighted by Gasteiger charge is 2.26. The first-order valence-electron chi connectivity index (χ1n) is 9.70. The largest absolute Gasteiger partial charge is 0.379 e. The van der Waals surface area contributed by atoms with Crippen LogP contribution in [0.5, 0.6) is 0 Å². The lowest BCUT2D eigenvalue weighted by molar-refractivity contribution is -0.128. The van der Waals surface area contributed by atoms with Crippen LogP contribution in [-0.4, -0.2) is 60.6 Å². The van der Waals surface area contributed by atoms with Crippen molar-refractivity contribution in [2.45, 2.75) is 53.1 Å². The number of thiazole rings is 1. The summed E-state index contributed by atoms with van der Waals surface area (Å²) >= 11 is 1.49. The van der Waals surface area contributed by atoms with E-state index in [4.69, 9.17) is 4.74 Å². The molecular formula is C19H32N4O3S. The number of aromatic nitrogens is 1. The second-order valence-electron chi connectivity index (χ2n) is 7.35. The van der Waals surface area contributed by atoms with Gasteiger partial charge in [0.2, 0.25) is 11.8 Å². The predicted molar refractivity (Wildman–Crippen MR) is 108 cm³/mol. The standard InChI is InChI=1S/C19H32N4O3S/c1-13(2)26-10-6-8-20-18(25)16-7-5-9-23(11-16)12-17(24)22-19-21-14(3)15(4)27-19/h13,16H,5-12H2,1-4H3,(H,20,25)(H,21,22,24). The second-order valence-corrected chi connectivity index (χ2v) is 8.55. The first-order chi connectivity index (χ1) is 12.8. The zero-order valence-corrected chi connectivity index (χ0v) is 17.7. The third-order valence-corrected chi connectivity index (χ3v) is 5.58. The van der Waals surface area contributed by atoms with Crippen molar-refractivity contribution in [3.8, 4) is 0 Å². The fourth-order valence-corrected chi connectivity index (χ4v) is 3.88. The molecule has 27 heavy (non-hydrogen) atoms. The highest BCUT2D eigenvalue weighted by atomic mass is 32.1. The minimum absolute atomic E-state index is 0.0538. The Hall–Kier alpha value is -1.51. The maximum Gasteiger partial charge on any atom is 0.240 e. The summed E-state index contributed by atoms with van der Waals surface area (Å²) in [6, 6.07) is 0. The summed E-state index contributed by atoms with van der Waals surface area (Å²) in [5, 5.41) is 6.50. The van der Waals surface area contributed by atoms with E-state index in [0.717, 1.165) is 36.4 Å². The molecule has 8 heteroatoms. The Labute approximate surface area is 165 Å². The van der Waals surface area contributed by atoms with E-state index >= 15 is 0 Å². The molecule has 1 aliphatic heterocycles. The Morgan fingerprint density at radius 3 is 2.81 bits per heavy atom. The van der Waals surface area contributed by atoms with Crippen molar-refractivity contribution in [1.82, 2.24) is 15.2 Å². The highest BCUT2D eigenvalue weighted by Crippen LogP contribution is 2.21. The predicted octanol–water partition coefficient (Wildman–Crippen LogP) is 2.34. The van der Waals surface area contributed by atoms with Crippen molar-refractivity contribution in [3.63, 3.8) is 0 Å². The van der Waals surface area contributed by atoms with Crippen molar-refractivity contribution in [3.05, 3.63) is 10.6 Å². The number of piperidine rings is 1. The Morgan fingerprint density at radius 1 is 1.37 bits per heavy atom. The Morgan fingerprint density at radius 2 is 2.15 bits per heavy atom. The number of likely N-dealkylation sites (tertiary alicyclic amines) is 1. The van der Waals surface area contributed by atoms with Crippen LogP contribution in [0.25, 0.3) is 0 Å². The summed E-state index contributed by atoms with van der Waals surface area (Å²) in [6.45, 7) is 11.0. The van der Waals surface area contributed by atoms with E-state index in [1.165, 1.54) is 11.3 Å². The molecule has 7 nitrogen and oxygen atoms in total. The molecule has 1 unspecified atom stereocenters. The molecular weight excluding hydrogens is 364 g/mol. The van der Waals surface area contributed by atoms with Crippen molar-refractivity contribution < 1.29 is 14.3 Å². The third kappa shape index (κ3) is 7.56. The Balaban J connectivity index is 1.71. The molecule has 2 N–H and O–H groups in total. The van der Waals surface area contributed by atoms with Gasteiger partial charge in [0.25, 0.3) is 0 Å². The molecule has 0 bridgehead atoms. The van der Waals surface area contributed by atoms with Crippen molar-refractivity contribution >= 4 is 28.3 Å². The molecule has 1 saturated heterocycles. The first-order valence-corrected chi connectivity index (χ1v) is 10.5. The molecule has 152 valence electrons. The summed E-state index contributed by atoms with van der Waals surface area (Å²) < 4.78 is 5.48. The minimum Gasteiger partial charge on any atom is -0.379 e. The smallest absolute Gasteiger partial charge is 0.240 e. The van der Waals surface area contributed by atoms with Crippen molar-refractivity contribution in [2.24, 2.45) is 5.92 Å². The Kier molecular flexibility index (Phi) is 8.66. The van der Waals surface area contributed by atoms with Gasteiger partial charge in [0.15, 0.2) is 5.13 Å². The number of amides is 2. The molecule has 1 aromatic heterocycles. The Bertz CT molecular complexity index is 613. The van der Waals surface area contributed by atoms with Crippen LogP contribution in [-0.2, 0) is 14.3 Å². The molecule has 1 fully saturated rings. The van der Waals surface area contributed by atoms with Crippen LogP contribution in [0.1, 0.15) is 43.7 Å². The lowest BCUT2D eigenvalue weighted by Crippen LogP contribution is -2.45. The van der Waals surface area contributed by atoms with Gasteiger partial charge in [0, 0.05) is 24.6 Å². The molecule has 2 rings (SSSR count). The zero-order valence-electron chi connectivity index (χ0n) is 16.8. The molecule has 2 heterocycles. The molecule has 2 amide bonds. The monoisotopic (exact) mass is 396 g/mol. The van der Waals surface area contributed by atoms with E-state index in [9.17, 15) is 9.59 Å². The van der Waals surface area contributed by atoms with Crippen LogP contribution in [0.2, 0.25) is 0 Å². The fraction of sp³-hybridized carbons (Fsp3) is 0.737. The van der Waals surface area contributed by atoms with Gasteiger partial charge in [-0.1, -0.05) is 0 Å².